The third-order valence-electron chi connectivity index (χ3n) is 4.17. The Labute approximate surface area is 130 Å². The highest BCUT2D eigenvalue weighted by molar-refractivity contribution is 5.78. The molecular weight excluding hydrogens is 266 g/mol. The van der Waals surface area contributed by atoms with Crippen LogP contribution in [0.15, 0.2) is 85.1 Å². The molecule has 1 heteroatoms. The summed E-state index contributed by atoms with van der Waals surface area (Å²) >= 11 is 0. The Hall–Kier alpha value is -2.80. The summed E-state index contributed by atoms with van der Waals surface area (Å²) in [5, 5.41) is 1.28. The van der Waals surface area contributed by atoms with Gasteiger partial charge in [-0.1, -0.05) is 66.7 Å². The van der Waals surface area contributed by atoms with Gasteiger partial charge < -0.3 is 4.98 Å². The monoisotopic (exact) mass is 283 g/mol. The van der Waals surface area contributed by atoms with Crippen LogP contribution in [0.5, 0.6) is 0 Å². The minimum Gasteiger partial charge on any atom is -0.361 e. The molecule has 0 atom stereocenters. The molecular formula is C21H17N. The molecule has 22 heavy (non-hydrogen) atoms. The van der Waals surface area contributed by atoms with Crippen LogP contribution >= 0.6 is 0 Å². The van der Waals surface area contributed by atoms with Gasteiger partial charge in [0.25, 0.3) is 0 Å². The average molecular weight is 283 g/mol. The molecule has 1 aliphatic carbocycles. The third kappa shape index (κ3) is 2.31. The molecule has 0 fully saturated rings. The summed E-state index contributed by atoms with van der Waals surface area (Å²) < 4.78 is 0. The van der Waals surface area contributed by atoms with Crippen molar-refractivity contribution in [1.82, 2.24) is 4.98 Å². The van der Waals surface area contributed by atoms with E-state index in [0.717, 1.165) is 6.42 Å². The van der Waals surface area contributed by atoms with Gasteiger partial charge in [0.05, 0.1) is 0 Å². The summed E-state index contributed by atoms with van der Waals surface area (Å²) in [7, 11) is 0. The maximum absolute atomic E-state index is 3.12. The van der Waals surface area contributed by atoms with Crippen molar-refractivity contribution in [2.24, 2.45) is 0 Å². The average Bonchev–Trinajstić information content (AvgIpc) is 3.19. The molecule has 0 saturated heterocycles. The minimum absolute atomic E-state index is 1.10. The van der Waals surface area contributed by atoms with E-state index in [9.17, 15) is 0 Å². The zero-order valence-corrected chi connectivity index (χ0v) is 12.3. The summed E-state index contributed by atoms with van der Waals surface area (Å²) in [4.78, 5) is 3.12. The van der Waals surface area contributed by atoms with Gasteiger partial charge in [0.1, 0.15) is 0 Å². The van der Waals surface area contributed by atoms with Crippen molar-refractivity contribution in [2.75, 3.05) is 0 Å². The third-order valence-corrected chi connectivity index (χ3v) is 4.17. The van der Waals surface area contributed by atoms with Gasteiger partial charge in [-0.3, -0.25) is 0 Å². The normalized spacial score (nSPS) is 11.5. The van der Waals surface area contributed by atoms with E-state index in [0.29, 0.717) is 0 Å². The maximum atomic E-state index is 3.12. The van der Waals surface area contributed by atoms with Crippen molar-refractivity contribution >= 4 is 10.9 Å². The first-order chi connectivity index (χ1) is 10.9. The van der Waals surface area contributed by atoms with E-state index in [1.54, 1.807) is 0 Å². The number of benzene rings is 3. The van der Waals surface area contributed by atoms with Crippen LogP contribution in [0.1, 0.15) is 11.1 Å². The highest BCUT2D eigenvalue weighted by atomic mass is 14.7. The molecule has 5 rings (SSSR count). The van der Waals surface area contributed by atoms with Crippen molar-refractivity contribution in [2.45, 2.75) is 6.42 Å². The number of para-hydroxylation sites is 1. The van der Waals surface area contributed by atoms with Crippen molar-refractivity contribution < 1.29 is 0 Å². The number of H-pyrrole nitrogens is 1. The fourth-order valence-electron chi connectivity index (χ4n) is 3.07. The predicted molar refractivity (Wildman–Crippen MR) is 93.0 cm³/mol. The number of nitrogens with one attached hydrogen (secondary N) is 1. The van der Waals surface area contributed by atoms with Gasteiger partial charge in [-0.15, -0.1) is 0 Å². The van der Waals surface area contributed by atoms with E-state index in [4.69, 9.17) is 0 Å². The quantitative estimate of drug-likeness (QED) is 0.390. The van der Waals surface area contributed by atoms with E-state index < -0.39 is 0 Å². The fourth-order valence-corrected chi connectivity index (χ4v) is 3.07. The van der Waals surface area contributed by atoms with Gasteiger partial charge in [-0.25, -0.2) is 0 Å². The van der Waals surface area contributed by atoms with E-state index >= 15 is 0 Å². The Morgan fingerprint density at radius 3 is 1.86 bits per heavy atom. The van der Waals surface area contributed by atoms with Gasteiger partial charge >= 0.3 is 0 Å². The SMILES string of the molecule is c1ccc2[nH]ccc2c1.c1ccc2c(c1)Cc1ccccc1-2. The molecule has 3 aromatic carbocycles. The zero-order chi connectivity index (χ0) is 14.8. The van der Waals surface area contributed by atoms with Gasteiger partial charge in [-0.2, -0.15) is 0 Å². The van der Waals surface area contributed by atoms with Gasteiger partial charge in [-0.05, 0) is 46.2 Å². The van der Waals surface area contributed by atoms with Crippen molar-refractivity contribution in [1.29, 1.82) is 0 Å². The Balaban J connectivity index is 0.000000122. The number of aromatic amines is 1. The van der Waals surface area contributed by atoms with Gasteiger partial charge in [0, 0.05) is 11.7 Å². The first-order valence-corrected chi connectivity index (χ1v) is 7.60. The lowest BCUT2D eigenvalue weighted by atomic mass is 10.1. The topological polar surface area (TPSA) is 15.8 Å². The van der Waals surface area contributed by atoms with Crippen molar-refractivity contribution in [3.05, 3.63) is 96.2 Å². The van der Waals surface area contributed by atoms with Crippen LogP contribution in [0.2, 0.25) is 0 Å². The molecule has 0 aliphatic heterocycles. The molecule has 1 aromatic heterocycles. The first kappa shape index (κ1) is 12.9. The number of fused-ring (bicyclic) bond motifs is 4. The number of hydrogen-bond donors (Lipinski definition) is 1. The van der Waals surface area contributed by atoms with Crippen LogP contribution < -0.4 is 0 Å². The molecule has 1 nitrogen and oxygen atoms in total. The Bertz CT molecular complexity index is 844. The van der Waals surface area contributed by atoms with Crippen LogP contribution in [0, 0.1) is 0 Å². The lowest BCUT2D eigenvalue weighted by Gasteiger charge is -1.98. The molecule has 0 saturated carbocycles. The van der Waals surface area contributed by atoms with Crippen LogP contribution in [0.4, 0.5) is 0 Å². The minimum atomic E-state index is 1.10. The summed E-state index contributed by atoms with van der Waals surface area (Å²) in [6, 6.07) is 27.6. The summed E-state index contributed by atoms with van der Waals surface area (Å²) in [5.74, 6) is 0. The molecule has 0 bridgehead atoms. The smallest absolute Gasteiger partial charge is 0.0453 e. The Morgan fingerprint density at radius 2 is 1.18 bits per heavy atom. The molecule has 1 heterocycles. The molecule has 4 aromatic rings. The van der Waals surface area contributed by atoms with Gasteiger partial charge in [0.15, 0.2) is 0 Å². The Morgan fingerprint density at radius 1 is 0.591 bits per heavy atom. The predicted octanol–water partition coefficient (Wildman–Crippen LogP) is 5.43. The fraction of sp³-hybridized carbons (Fsp3) is 0.0476. The standard InChI is InChI=1S/C13H10.C8H7N/c1-3-7-12-10(5-1)9-11-6-2-4-8-13(11)12;1-2-4-8-7(3-1)5-6-9-8/h1-8H,9H2;1-6,9H. The second-order valence-corrected chi connectivity index (χ2v) is 5.56. The molecule has 0 amide bonds. The molecule has 0 radical (unpaired) electrons. The second kappa shape index (κ2) is 5.53. The van der Waals surface area contributed by atoms with E-state index in [2.05, 4.69) is 71.7 Å². The number of hydrogen-bond acceptors (Lipinski definition) is 0. The summed E-state index contributed by atoms with van der Waals surface area (Å²) in [6.45, 7) is 0. The lowest BCUT2D eigenvalue weighted by Crippen LogP contribution is -1.77. The highest BCUT2D eigenvalue weighted by Gasteiger charge is 2.15. The second-order valence-electron chi connectivity index (χ2n) is 5.56. The van der Waals surface area contributed by atoms with Crippen LogP contribution in [-0.4, -0.2) is 4.98 Å². The summed E-state index contributed by atoms with van der Waals surface area (Å²) in [6.07, 6.45) is 3.05. The number of aromatic nitrogens is 1. The molecule has 106 valence electrons. The van der Waals surface area contributed by atoms with E-state index in [1.807, 2.05) is 18.3 Å². The van der Waals surface area contributed by atoms with Crippen LogP contribution in [0.25, 0.3) is 22.0 Å². The summed E-state index contributed by atoms with van der Waals surface area (Å²) in [5.41, 5.74) is 6.96. The maximum Gasteiger partial charge on any atom is 0.0453 e. The van der Waals surface area contributed by atoms with Crippen molar-refractivity contribution in [3.63, 3.8) is 0 Å². The first-order valence-electron chi connectivity index (χ1n) is 7.60. The molecule has 0 spiro atoms. The lowest BCUT2D eigenvalue weighted by molar-refractivity contribution is 1.26. The molecule has 1 N–H and O–H groups in total. The highest BCUT2D eigenvalue weighted by Crippen LogP contribution is 2.35. The van der Waals surface area contributed by atoms with E-state index in [-0.39, 0.29) is 0 Å². The van der Waals surface area contributed by atoms with Crippen molar-refractivity contribution in [3.8, 4) is 11.1 Å². The van der Waals surface area contributed by atoms with Crippen LogP contribution in [0.3, 0.4) is 0 Å². The largest absolute Gasteiger partial charge is 0.361 e. The molecule has 1 aliphatic rings. The Kier molecular flexibility index (Phi) is 3.24. The van der Waals surface area contributed by atoms with Crippen LogP contribution in [-0.2, 0) is 6.42 Å². The molecule has 0 unspecified atom stereocenters. The number of rotatable bonds is 0. The van der Waals surface area contributed by atoms with E-state index in [1.165, 1.54) is 33.2 Å². The van der Waals surface area contributed by atoms with Gasteiger partial charge in [0.2, 0.25) is 0 Å². The zero-order valence-electron chi connectivity index (χ0n) is 12.3.